The van der Waals surface area contributed by atoms with Crippen molar-refractivity contribution >= 4 is 56.1 Å². The third kappa shape index (κ3) is 5.45. The number of phosphoric ester groups is 2. The highest BCUT2D eigenvalue weighted by Gasteiger charge is 2.53. The average Bonchev–Trinajstić information content (AvgIpc) is 3.72. The number of nitrogens with two attached hydrogens (primary N) is 1. The molecule has 21 nitrogen and oxygen atoms in total. The predicted molar refractivity (Wildman–Crippen MR) is 150 cm³/mol. The molecule has 2 saturated heterocycles. The standard InChI is InChI=1S/C21H25N9O12P2S/c22-21-27-17-10(18(33)28-21)25-5-29(17)8-1-7-2-38-43(34,35)42-15-9(3-39-44(36,37)41-14(8)12(7)31)40-20(13(15)32)30-6-26-11-16(30)23-4-24-19(11)45/h4-9,12-15,20,31-32H,1-3H2,(H,34,35)(H,36,37)(H,23,24,45)(H3,22,27,28,33)/t7-,8-,9-,12?,13?,14?,15?,20-/m1/s1. The summed E-state index contributed by atoms with van der Waals surface area (Å²) in [6, 6.07) is -0.991. The van der Waals surface area contributed by atoms with E-state index in [1.54, 1.807) is 0 Å². The number of nitrogens with one attached hydrogen (secondary N) is 2. The summed E-state index contributed by atoms with van der Waals surface area (Å²) in [5.74, 6) is -1.19. The smallest absolute Gasteiger partial charge is 0.390 e. The van der Waals surface area contributed by atoms with E-state index < -0.39 is 83.1 Å². The van der Waals surface area contributed by atoms with E-state index in [4.69, 9.17) is 40.8 Å². The van der Waals surface area contributed by atoms with Crippen molar-refractivity contribution in [2.24, 2.45) is 5.92 Å². The van der Waals surface area contributed by atoms with Gasteiger partial charge in [0.25, 0.3) is 5.56 Å². The summed E-state index contributed by atoms with van der Waals surface area (Å²) in [6.45, 7) is -1.37. The third-order valence-electron chi connectivity index (χ3n) is 7.88. The lowest BCUT2D eigenvalue weighted by Crippen LogP contribution is -2.36. The van der Waals surface area contributed by atoms with Crippen molar-refractivity contribution in [2.45, 2.75) is 49.2 Å². The molecule has 1 aliphatic carbocycles. The van der Waals surface area contributed by atoms with Crippen LogP contribution in [-0.4, -0.2) is 103 Å². The van der Waals surface area contributed by atoms with Crippen molar-refractivity contribution in [3.05, 3.63) is 34.0 Å². The maximum absolute atomic E-state index is 13.2. The fourth-order valence-corrected chi connectivity index (χ4v) is 8.02. The van der Waals surface area contributed by atoms with Gasteiger partial charge in [-0.3, -0.25) is 32.4 Å². The van der Waals surface area contributed by atoms with Gasteiger partial charge in [0, 0.05) is 5.92 Å². The molecular weight excluding hydrogens is 664 g/mol. The summed E-state index contributed by atoms with van der Waals surface area (Å²) in [5.41, 5.74) is 5.55. The van der Waals surface area contributed by atoms with Crippen molar-refractivity contribution in [3.8, 4) is 0 Å². The lowest BCUT2D eigenvalue weighted by molar-refractivity contribution is -0.0552. The number of fused-ring (bicyclic) bond motifs is 5. The Hall–Kier alpha value is -2.98. The van der Waals surface area contributed by atoms with Crippen LogP contribution in [-0.2, 0) is 32.0 Å². The van der Waals surface area contributed by atoms with Gasteiger partial charge < -0.3 is 40.0 Å². The Balaban J connectivity index is 1.21. The Labute approximate surface area is 255 Å². The molecule has 0 aromatic carbocycles. The zero-order valence-electron chi connectivity index (χ0n) is 22.6. The third-order valence-corrected chi connectivity index (χ3v) is 10.1. The van der Waals surface area contributed by atoms with Crippen molar-refractivity contribution in [1.29, 1.82) is 0 Å². The second kappa shape index (κ2) is 11.1. The second-order valence-electron chi connectivity index (χ2n) is 10.6. The van der Waals surface area contributed by atoms with Gasteiger partial charge in [-0.15, -0.1) is 0 Å². The van der Waals surface area contributed by atoms with Gasteiger partial charge in [0.15, 0.2) is 22.0 Å². The number of anilines is 1. The monoisotopic (exact) mass is 689 g/mol. The van der Waals surface area contributed by atoms with E-state index in [2.05, 4.69) is 29.9 Å². The summed E-state index contributed by atoms with van der Waals surface area (Å²) < 4.78 is 56.3. The van der Waals surface area contributed by atoms with Gasteiger partial charge in [0.05, 0.1) is 44.3 Å². The highest BCUT2D eigenvalue weighted by Crippen LogP contribution is 2.55. The topological polar surface area (TPSA) is 297 Å². The molecule has 7 rings (SSSR count). The van der Waals surface area contributed by atoms with Crippen LogP contribution in [0, 0.1) is 10.6 Å². The maximum Gasteiger partial charge on any atom is 0.472 e. The Morgan fingerprint density at radius 3 is 2.44 bits per heavy atom. The van der Waals surface area contributed by atoms with E-state index in [9.17, 15) is 33.9 Å². The molecule has 0 spiro atoms. The first-order valence-corrected chi connectivity index (χ1v) is 16.7. The van der Waals surface area contributed by atoms with Crippen molar-refractivity contribution < 1.29 is 52.0 Å². The molecule has 1 saturated carbocycles. The normalized spacial score (nSPS) is 37.7. The van der Waals surface area contributed by atoms with E-state index in [-0.39, 0.29) is 33.7 Å². The zero-order chi connectivity index (χ0) is 31.8. The fourth-order valence-electron chi connectivity index (χ4n) is 5.84. The molecule has 3 aliphatic rings. The Bertz CT molecular complexity index is 2000. The number of H-pyrrole nitrogens is 2. The minimum absolute atomic E-state index is 0.0000274. The lowest BCUT2D eigenvalue weighted by atomic mass is 10.1. The van der Waals surface area contributed by atoms with Crippen molar-refractivity contribution in [3.63, 3.8) is 0 Å². The van der Waals surface area contributed by atoms with Crippen molar-refractivity contribution in [1.82, 2.24) is 39.0 Å². The molecule has 6 unspecified atom stereocenters. The van der Waals surface area contributed by atoms with Crippen LogP contribution in [0.25, 0.3) is 22.3 Å². The molecule has 45 heavy (non-hydrogen) atoms. The molecule has 6 heterocycles. The van der Waals surface area contributed by atoms with E-state index in [1.165, 1.54) is 28.1 Å². The molecule has 4 aromatic heterocycles. The van der Waals surface area contributed by atoms with Crippen LogP contribution in [0.1, 0.15) is 18.7 Å². The molecule has 4 aromatic rings. The molecule has 8 N–H and O–H groups in total. The van der Waals surface area contributed by atoms with Crippen molar-refractivity contribution in [2.75, 3.05) is 18.9 Å². The molecule has 24 heteroatoms. The number of aliphatic hydroxyl groups excluding tert-OH is 2. The molecule has 10 atom stereocenters. The molecule has 3 fully saturated rings. The number of hydrogen-bond acceptors (Lipinski definition) is 16. The number of nitrogens with zero attached hydrogens (tertiary/aromatic N) is 6. The number of aromatic nitrogens is 8. The average molecular weight is 689 g/mol. The fraction of sp³-hybridized carbons (Fsp3) is 0.524. The number of ether oxygens (including phenoxy) is 1. The summed E-state index contributed by atoms with van der Waals surface area (Å²) >= 11 is 5.17. The van der Waals surface area contributed by atoms with Gasteiger partial charge >= 0.3 is 15.6 Å². The highest BCUT2D eigenvalue weighted by atomic mass is 32.1. The number of imidazole rings is 2. The number of aromatic amines is 2. The minimum atomic E-state index is -5.02. The SMILES string of the molecule is Nc1nc2c(ncn2[C@@H]2C[C@@H]3COP(=O)(O)OC4C(O)[C@H](n5cnc6c(=S)nc[nH]c65)O[C@@H]4COP(=O)(O)OC2C3O)c(=O)[nH]1. The molecule has 0 amide bonds. The van der Waals surface area contributed by atoms with Gasteiger partial charge in [-0.1, -0.05) is 12.2 Å². The van der Waals surface area contributed by atoms with Crippen LogP contribution in [0.3, 0.4) is 0 Å². The predicted octanol–water partition coefficient (Wildman–Crippen LogP) is -0.598. The van der Waals surface area contributed by atoms with E-state index in [0.29, 0.717) is 5.65 Å². The quantitative estimate of drug-likeness (QED) is 0.102. The first kappa shape index (κ1) is 30.7. The molecular formula is C21H25N9O12P2S. The molecule has 2 aliphatic heterocycles. The van der Waals surface area contributed by atoms with Gasteiger partial charge in [0.2, 0.25) is 5.95 Å². The van der Waals surface area contributed by atoms with Crippen LogP contribution in [0.4, 0.5) is 5.95 Å². The first-order valence-electron chi connectivity index (χ1n) is 13.3. The van der Waals surface area contributed by atoms with Crippen LogP contribution >= 0.6 is 27.9 Å². The Morgan fingerprint density at radius 1 is 0.978 bits per heavy atom. The number of nitrogen functional groups attached to an aromatic ring is 1. The van der Waals surface area contributed by atoms with Crippen LogP contribution < -0.4 is 11.3 Å². The summed E-state index contributed by atoms with van der Waals surface area (Å²) in [7, 11) is -10.00. The lowest BCUT2D eigenvalue weighted by Gasteiger charge is -2.26. The summed E-state index contributed by atoms with van der Waals surface area (Å²) in [6.07, 6.45) is -5.26. The van der Waals surface area contributed by atoms with Gasteiger partial charge in [-0.05, 0) is 6.42 Å². The Kier molecular flexibility index (Phi) is 7.55. The number of phosphoric acid groups is 2. The molecule has 242 valence electrons. The first-order chi connectivity index (χ1) is 21.3. The van der Waals surface area contributed by atoms with Crippen LogP contribution in [0.15, 0.2) is 23.8 Å². The summed E-state index contributed by atoms with van der Waals surface area (Å²) in [4.78, 5) is 55.1. The van der Waals surface area contributed by atoms with E-state index in [1.807, 2.05) is 0 Å². The van der Waals surface area contributed by atoms with Gasteiger partial charge in [-0.25, -0.2) is 24.1 Å². The minimum Gasteiger partial charge on any atom is -0.390 e. The highest BCUT2D eigenvalue weighted by molar-refractivity contribution is 7.71. The van der Waals surface area contributed by atoms with Crippen LogP contribution in [0.5, 0.6) is 0 Å². The summed E-state index contributed by atoms with van der Waals surface area (Å²) in [5, 5.41) is 22.3. The van der Waals surface area contributed by atoms with E-state index >= 15 is 0 Å². The number of aliphatic hydroxyl groups is 2. The van der Waals surface area contributed by atoms with E-state index in [0.717, 1.165) is 0 Å². The van der Waals surface area contributed by atoms with Crippen LogP contribution in [0.2, 0.25) is 0 Å². The zero-order valence-corrected chi connectivity index (χ0v) is 25.2. The Morgan fingerprint density at radius 2 is 1.67 bits per heavy atom. The molecule has 0 radical (unpaired) electrons. The maximum atomic E-state index is 13.2. The number of hydrogen-bond donors (Lipinski definition) is 7. The van der Waals surface area contributed by atoms with Gasteiger partial charge in [-0.2, -0.15) is 4.98 Å². The largest absolute Gasteiger partial charge is 0.472 e. The molecule has 2 bridgehead atoms. The number of rotatable bonds is 2. The second-order valence-corrected chi connectivity index (χ2v) is 13.8. The van der Waals surface area contributed by atoms with Gasteiger partial charge in [0.1, 0.15) is 35.6 Å².